The van der Waals surface area contributed by atoms with E-state index in [9.17, 15) is 9.59 Å². The molecular weight excluding hydrogens is 184 g/mol. The highest BCUT2D eigenvalue weighted by atomic mass is 16.4. The lowest BCUT2D eigenvalue weighted by molar-refractivity contribution is 0.112. The van der Waals surface area contributed by atoms with Crippen LogP contribution in [0, 0.1) is 0 Å². The number of carboxylic acid groups (broad SMARTS) is 1. The number of para-hydroxylation sites is 1. The summed E-state index contributed by atoms with van der Waals surface area (Å²) in [5, 5.41) is 13.0. The number of nitrogens with zero attached hydrogens (tertiary/aromatic N) is 2. The second-order valence-corrected chi connectivity index (χ2v) is 2.71. The van der Waals surface area contributed by atoms with Crippen molar-refractivity contribution in [2.24, 2.45) is 0 Å². The van der Waals surface area contributed by atoms with Crippen LogP contribution in [0.4, 0.5) is 4.79 Å². The van der Waals surface area contributed by atoms with Gasteiger partial charge in [-0.15, -0.1) is 0 Å². The fourth-order valence-corrected chi connectivity index (χ4v) is 1.32. The minimum atomic E-state index is -1.20. The first kappa shape index (κ1) is 8.43. The van der Waals surface area contributed by atoms with Gasteiger partial charge in [0.15, 0.2) is 6.29 Å². The molecule has 1 aromatic heterocycles. The highest BCUT2D eigenvalue weighted by Crippen LogP contribution is 2.16. The Bertz CT molecular complexity index is 516. The molecule has 1 aromatic carbocycles. The molecule has 0 radical (unpaired) electrons. The number of hydrogen-bond acceptors (Lipinski definition) is 3. The molecule has 14 heavy (non-hydrogen) atoms. The van der Waals surface area contributed by atoms with Crippen LogP contribution in [-0.2, 0) is 0 Å². The Morgan fingerprint density at radius 1 is 1.43 bits per heavy atom. The monoisotopic (exact) mass is 190 g/mol. The van der Waals surface area contributed by atoms with Gasteiger partial charge >= 0.3 is 6.09 Å². The van der Waals surface area contributed by atoms with Crippen molar-refractivity contribution in [1.82, 2.24) is 9.78 Å². The maximum atomic E-state index is 10.7. The van der Waals surface area contributed by atoms with E-state index >= 15 is 0 Å². The zero-order chi connectivity index (χ0) is 10.1. The summed E-state index contributed by atoms with van der Waals surface area (Å²) in [5.74, 6) is 0. The lowest BCUT2D eigenvalue weighted by atomic mass is 10.2. The Morgan fingerprint density at radius 3 is 2.79 bits per heavy atom. The van der Waals surface area contributed by atoms with Crippen LogP contribution in [0.2, 0.25) is 0 Å². The number of fused-ring (bicyclic) bond motifs is 1. The third-order valence-corrected chi connectivity index (χ3v) is 1.91. The minimum absolute atomic E-state index is 0.142. The molecular formula is C9H6N2O3. The molecule has 5 heteroatoms. The van der Waals surface area contributed by atoms with Gasteiger partial charge in [0, 0.05) is 5.39 Å². The Balaban J connectivity index is 2.86. The molecule has 0 aliphatic rings. The summed E-state index contributed by atoms with van der Waals surface area (Å²) in [6.07, 6.45) is -0.656. The first-order valence-electron chi connectivity index (χ1n) is 3.90. The summed E-state index contributed by atoms with van der Waals surface area (Å²) in [7, 11) is 0. The van der Waals surface area contributed by atoms with Crippen molar-refractivity contribution < 1.29 is 14.7 Å². The summed E-state index contributed by atoms with van der Waals surface area (Å²) in [6, 6.07) is 6.68. The van der Waals surface area contributed by atoms with E-state index in [4.69, 9.17) is 5.11 Å². The van der Waals surface area contributed by atoms with Gasteiger partial charge in [-0.3, -0.25) is 4.79 Å². The molecule has 1 heterocycles. The van der Waals surface area contributed by atoms with Crippen molar-refractivity contribution in [1.29, 1.82) is 0 Å². The van der Waals surface area contributed by atoms with Crippen LogP contribution >= 0.6 is 0 Å². The van der Waals surface area contributed by atoms with Crippen molar-refractivity contribution in [2.45, 2.75) is 0 Å². The number of rotatable bonds is 1. The molecule has 0 saturated heterocycles. The largest absolute Gasteiger partial charge is 0.463 e. The summed E-state index contributed by atoms with van der Waals surface area (Å²) >= 11 is 0. The molecule has 0 aliphatic carbocycles. The highest BCUT2D eigenvalue weighted by Gasteiger charge is 2.12. The van der Waals surface area contributed by atoms with E-state index in [0.717, 1.165) is 4.68 Å². The molecule has 0 aliphatic heterocycles. The third kappa shape index (κ3) is 1.06. The Kier molecular flexibility index (Phi) is 1.78. The van der Waals surface area contributed by atoms with Crippen LogP contribution in [0.25, 0.3) is 10.9 Å². The topological polar surface area (TPSA) is 72.2 Å². The van der Waals surface area contributed by atoms with E-state index < -0.39 is 6.09 Å². The maximum Gasteiger partial charge on any atom is 0.432 e. The van der Waals surface area contributed by atoms with Crippen molar-refractivity contribution in [3.63, 3.8) is 0 Å². The molecule has 0 bridgehead atoms. The van der Waals surface area contributed by atoms with E-state index in [0.29, 0.717) is 17.2 Å². The van der Waals surface area contributed by atoms with Gasteiger partial charge in [0.25, 0.3) is 0 Å². The second kappa shape index (κ2) is 2.95. The van der Waals surface area contributed by atoms with Gasteiger partial charge in [0.05, 0.1) is 5.52 Å². The molecule has 5 nitrogen and oxygen atoms in total. The lowest BCUT2D eigenvalue weighted by Gasteiger charge is -1.92. The molecule has 2 aromatic rings. The fourth-order valence-electron chi connectivity index (χ4n) is 1.32. The molecule has 0 atom stereocenters. The van der Waals surface area contributed by atoms with Gasteiger partial charge in [-0.25, -0.2) is 4.79 Å². The number of benzene rings is 1. The van der Waals surface area contributed by atoms with Gasteiger partial charge in [0.1, 0.15) is 5.69 Å². The van der Waals surface area contributed by atoms with Crippen molar-refractivity contribution >= 4 is 23.3 Å². The van der Waals surface area contributed by atoms with Crippen LogP contribution in [-0.4, -0.2) is 27.3 Å². The quantitative estimate of drug-likeness (QED) is 0.689. The zero-order valence-electron chi connectivity index (χ0n) is 7.04. The van der Waals surface area contributed by atoms with Gasteiger partial charge in [-0.05, 0) is 6.07 Å². The van der Waals surface area contributed by atoms with E-state index in [1.807, 2.05) is 0 Å². The van der Waals surface area contributed by atoms with Crippen molar-refractivity contribution in [2.75, 3.05) is 0 Å². The van der Waals surface area contributed by atoms with E-state index in [1.165, 1.54) is 0 Å². The Morgan fingerprint density at radius 2 is 2.14 bits per heavy atom. The zero-order valence-corrected chi connectivity index (χ0v) is 7.04. The molecule has 0 unspecified atom stereocenters. The lowest BCUT2D eigenvalue weighted by Crippen LogP contribution is -2.09. The molecule has 0 saturated carbocycles. The number of hydrogen-bond donors (Lipinski definition) is 1. The third-order valence-electron chi connectivity index (χ3n) is 1.91. The number of carbonyl (C=O) groups is 2. The highest BCUT2D eigenvalue weighted by molar-refractivity contribution is 5.98. The van der Waals surface area contributed by atoms with E-state index in [-0.39, 0.29) is 5.69 Å². The Hall–Kier alpha value is -2.17. The van der Waals surface area contributed by atoms with Gasteiger partial charge in [-0.2, -0.15) is 9.78 Å². The second-order valence-electron chi connectivity index (χ2n) is 2.71. The standard InChI is InChI=1S/C9H6N2O3/c12-5-7-6-3-1-2-4-8(6)11(10-7)9(13)14/h1-5H,(H,13,14). The number of aromatic nitrogens is 2. The molecule has 70 valence electrons. The van der Waals surface area contributed by atoms with E-state index in [2.05, 4.69) is 5.10 Å². The van der Waals surface area contributed by atoms with E-state index in [1.54, 1.807) is 24.3 Å². The Labute approximate surface area is 78.6 Å². The number of carbonyl (C=O) groups excluding carboxylic acids is 1. The predicted molar refractivity (Wildman–Crippen MR) is 48.5 cm³/mol. The molecule has 2 rings (SSSR count). The van der Waals surface area contributed by atoms with Crippen molar-refractivity contribution in [3.8, 4) is 0 Å². The van der Waals surface area contributed by atoms with Gasteiger partial charge in [-0.1, -0.05) is 18.2 Å². The van der Waals surface area contributed by atoms with Crippen molar-refractivity contribution in [3.05, 3.63) is 30.0 Å². The van der Waals surface area contributed by atoms with Crippen LogP contribution in [0.3, 0.4) is 0 Å². The molecule has 0 spiro atoms. The average molecular weight is 190 g/mol. The average Bonchev–Trinajstić information content (AvgIpc) is 2.56. The SMILES string of the molecule is O=Cc1nn(C(=O)O)c2ccccc12. The summed E-state index contributed by atoms with van der Waals surface area (Å²) < 4.78 is 0.791. The molecule has 1 N–H and O–H groups in total. The van der Waals surface area contributed by atoms with Crippen LogP contribution in [0.15, 0.2) is 24.3 Å². The molecule has 0 amide bonds. The normalized spacial score (nSPS) is 10.3. The van der Waals surface area contributed by atoms with Gasteiger partial charge in [0.2, 0.25) is 0 Å². The summed E-state index contributed by atoms with van der Waals surface area (Å²) in [5.41, 5.74) is 0.560. The summed E-state index contributed by atoms with van der Waals surface area (Å²) in [6.45, 7) is 0. The maximum absolute atomic E-state index is 10.7. The fraction of sp³-hybridized carbons (Fsp3) is 0. The van der Waals surface area contributed by atoms with Crippen LogP contribution in [0.1, 0.15) is 10.5 Å². The first-order valence-corrected chi connectivity index (χ1v) is 3.90. The van der Waals surface area contributed by atoms with Gasteiger partial charge < -0.3 is 5.11 Å². The van der Waals surface area contributed by atoms with Crippen LogP contribution in [0.5, 0.6) is 0 Å². The van der Waals surface area contributed by atoms with Crippen LogP contribution < -0.4 is 0 Å². The smallest absolute Gasteiger partial charge is 0.432 e. The first-order chi connectivity index (χ1) is 6.74. The minimum Gasteiger partial charge on any atom is -0.463 e. The summed E-state index contributed by atoms with van der Waals surface area (Å²) in [4.78, 5) is 21.3. The predicted octanol–water partition coefficient (Wildman–Crippen LogP) is 1.37. The number of aldehydes is 1. The molecule has 0 fully saturated rings.